The van der Waals surface area contributed by atoms with Gasteiger partial charge in [0.1, 0.15) is 23.0 Å². The van der Waals surface area contributed by atoms with Crippen molar-refractivity contribution in [1.29, 1.82) is 0 Å². The smallest absolute Gasteiger partial charge is 0.258 e. The lowest BCUT2D eigenvalue weighted by atomic mass is 9.79. The summed E-state index contributed by atoms with van der Waals surface area (Å²) in [6, 6.07) is 56.6. The molecule has 1 aliphatic rings. The highest BCUT2D eigenvalue weighted by Gasteiger charge is 2.31. The van der Waals surface area contributed by atoms with Crippen LogP contribution < -0.4 is 40.2 Å². The number of fused-ring (bicyclic) bond motifs is 8. The summed E-state index contributed by atoms with van der Waals surface area (Å²) >= 11 is 0. The van der Waals surface area contributed by atoms with Gasteiger partial charge in [0, 0.05) is 51.9 Å². The minimum absolute atomic E-state index is 0.270. The number of hydrogen-bond acceptors (Lipinski definition) is 8. The van der Waals surface area contributed by atoms with Crippen LogP contribution in [0.4, 0.5) is 0 Å². The second-order valence-electron chi connectivity index (χ2n) is 28.4. The van der Waals surface area contributed by atoms with E-state index in [1.807, 2.05) is 121 Å². The predicted octanol–water partition coefficient (Wildman–Crippen LogP) is 14.3. The second kappa shape index (κ2) is 29.4. The fourth-order valence-corrected chi connectivity index (χ4v) is 11.3. The largest absolute Gasteiger partial charge is 0.483 e. The molecular weight excluding hydrogens is 1140 g/mol. The second-order valence-corrected chi connectivity index (χ2v) is 28.4. The molecule has 8 aromatic rings. The first-order chi connectivity index (χ1) is 43.7. The van der Waals surface area contributed by atoms with Gasteiger partial charge in [-0.3, -0.25) is 19.2 Å². The topological polar surface area (TPSA) is 153 Å². The molecule has 12 heteroatoms. The zero-order valence-corrected chi connectivity index (χ0v) is 55.9. The molecular formula is C80H92N4O8. The number of rotatable bonds is 20. The Labute approximate surface area is 545 Å². The molecule has 0 atom stereocenters. The van der Waals surface area contributed by atoms with E-state index in [0.717, 1.165) is 89.0 Å². The maximum atomic E-state index is 14.1. The Morgan fingerprint density at radius 1 is 0.283 bits per heavy atom. The maximum absolute atomic E-state index is 14.1. The average Bonchev–Trinajstić information content (AvgIpc) is 0.780. The van der Waals surface area contributed by atoms with Crippen molar-refractivity contribution >= 4 is 23.6 Å². The van der Waals surface area contributed by atoms with Gasteiger partial charge in [-0.2, -0.15) is 0 Å². The summed E-state index contributed by atoms with van der Waals surface area (Å²) in [5, 5.41) is 12.3. The van der Waals surface area contributed by atoms with Gasteiger partial charge >= 0.3 is 0 Å². The molecule has 0 unspecified atom stereocenters. The molecule has 4 N–H and O–H groups in total. The minimum atomic E-state index is -0.374. The lowest BCUT2D eigenvalue weighted by molar-refractivity contribution is -0.124. The van der Waals surface area contributed by atoms with E-state index >= 15 is 0 Å². The van der Waals surface area contributed by atoms with Crippen molar-refractivity contribution in [3.8, 4) is 23.0 Å². The number of carbonyl (C=O) groups is 4. The van der Waals surface area contributed by atoms with Crippen molar-refractivity contribution in [2.45, 2.75) is 157 Å². The van der Waals surface area contributed by atoms with E-state index in [-0.39, 0.29) is 97.4 Å². The van der Waals surface area contributed by atoms with Gasteiger partial charge in [0.05, 0.1) is 0 Å². The van der Waals surface area contributed by atoms with E-state index in [2.05, 4.69) is 153 Å². The lowest BCUT2D eigenvalue weighted by Crippen LogP contribution is -2.29. The van der Waals surface area contributed by atoms with Gasteiger partial charge in [-0.1, -0.05) is 253 Å². The van der Waals surface area contributed by atoms with Crippen LogP contribution in [0.2, 0.25) is 0 Å². The third kappa shape index (κ3) is 18.5. The van der Waals surface area contributed by atoms with Gasteiger partial charge in [0.15, 0.2) is 26.4 Å². The third-order valence-electron chi connectivity index (χ3n) is 16.7. The highest BCUT2D eigenvalue weighted by atomic mass is 16.5. The third-order valence-corrected chi connectivity index (χ3v) is 16.7. The van der Waals surface area contributed by atoms with Gasteiger partial charge in [-0.05, 0) is 111 Å². The Morgan fingerprint density at radius 2 is 0.446 bits per heavy atom. The first-order valence-corrected chi connectivity index (χ1v) is 32.1. The first-order valence-electron chi connectivity index (χ1n) is 32.1. The SMILES string of the molecule is CC(C)(C)c1cc2c(OCC(=O)NCc3ccccc3)c(c1)Cc1cc(C(C)(C)C)cc(c1OCC(=O)NCc1ccccc1)Cc1cc(C(C)(C)C)cc(c1OCC(=O)NCc1ccccc1)Cc1cc(C(C)(C)C)cc(c1OCC(=O)NCc1ccccc1)C2. The number of benzene rings is 8. The zero-order chi connectivity index (χ0) is 65.8. The van der Waals surface area contributed by atoms with Crippen LogP contribution >= 0.6 is 0 Å². The molecule has 0 heterocycles. The zero-order valence-electron chi connectivity index (χ0n) is 55.9. The van der Waals surface area contributed by atoms with E-state index in [0.29, 0.717) is 49.2 Å². The van der Waals surface area contributed by atoms with Gasteiger partial charge in [0.25, 0.3) is 23.6 Å². The van der Waals surface area contributed by atoms with Crippen molar-refractivity contribution in [3.05, 3.63) is 259 Å². The van der Waals surface area contributed by atoms with Crippen LogP contribution in [-0.2, 0) is 92.7 Å². The molecule has 9 rings (SSSR count). The number of carbonyl (C=O) groups excluding carboxylic acids is 4. The predicted molar refractivity (Wildman–Crippen MR) is 367 cm³/mol. The molecule has 480 valence electrons. The standard InChI is InChI=1S/C80H92N4O8/c1-77(2,3)65-37-57-33-59-39-66(78(4,5)6)41-61(74(59)90-50-70(86)82-46-54-27-19-14-20-28-54)35-63-43-68(80(10,11)12)44-64(76(63)92-52-72(88)84-48-56-31-23-16-24-32-56)36-62-42-67(79(7,8)9)40-60(75(62)91-51-71(87)83-47-55-29-21-15-22-30-55)34-58(38-65)73(57)89-49-69(85)81-45-53-25-17-13-18-26-53/h13-32,37-44H,33-36,45-52H2,1-12H3,(H,81,85)(H,82,86)(H,83,87)(H,84,88). The van der Waals surface area contributed by atoms with Gasteiger partial charge in [-0.25, -0.2) is 0 Å². The highest BCUT2D eigenvalue weighted by molar-refractivity contribution is 5.79. The summed E-state index contributed by atoms with van der Waals surface area (Å²) in [6.07, 6.45) is 1.08. The van der Waals surface area contributed by atoms with Crippen LogP contribution in [-0.4, -0.2) is 50.1 Å². The van der Waals surface area contributed by atoms with Crippen molar-refractivity contribution < 1.29 is 38.1 Å². The van der Waals surface area contributed by atoms with Crippen LogP contribution in [0.3, 0.4) is 0 Å². The van der Waals surface area contributed by atoms with E-state index in [1.54, 1.807) is 0 Å². The Bertz CT molecular complexity index is 3270. The number of ether oxygens (including phenoxy) is 4. The molecule has 0 saturated carbocycles. The molecule has 8 aromatic carbocycles. The van der Waals surface area contributed by atoms with Crippen LogP contribution in [0.1, 0.15) is 172 Å². The molecule has 12 nitrogen and oxygen atoms in total. The van der Waals surface area contributed by atoms with Crippen molar-refractivity contribution in [1.82, 2.24) is 21.3 Å². The summed E-state index contributed by atoms with van der Waals surface area (Å²) < 4.78 is 28.0. The van der Waals surface area contributed by atoms with E-state index in [9.17, 15) is 19.2 Å². The van der Waals surface area contributed by atoms with E-state index in [1.165, 1.54) is 0 Å². The number of hydrogen-bond donors (Lipinski definition) is 4. The maximum Gasteiger partial charge on any atom is 0.258 e. The van der Waals surface area contributed by atoms with E-state index < -0.39 is 0 Å². The van der Waals surface area contributed by atoms with Crippen LogP contribution in [0, 0.1) is 0 Å². The van der Waals surface area contributed by atoms with E-state index in [4.69, 9.17) is 18.9 Å². The lowest BCUT2D eigenvalue weighted by Gasteiger charge is -2.29. The van der Waals surface area contributed by atoms with Crippen LogP contribution in [0.15, 0.2) is 170 Å². The van der Waals surface area contributed by atoms with Crippen molar-refractivity contribution in [2.24, 2.45) is 0 Å². The molecule has 4 amide bonds. The Hall–Kier alpha value is -9.16. The monoisotopic (exact) mass is 1240 g/mol. The molecule has 8 bridgehead atoms. The normalized spacial score (nSPS) is 12.5. The number of nitrogens with one attached hydrogen (secondary N) is 4. The van der Waals surface area contributed by atoms with Gasteiger partial charge in [0.2, 0.25) is 0 Å². The number of amides is 4. The highest BCUT2D eigenvalue weighted by Crippen LogP contribution is 2.45. The Morgan fingerprint density at radius 3 is 0.598 bits per heavy atom. The Balaban J connectivity index is 1.29. The molecule has 0 radical (unpaired) electrons. The summed E-state index contributed by atoms with van der Waals surface area (Å²) in [5.74, 6) is 0.963. The van der Waals surface area contributed by atoms with Crippen molar-refractivity contribution in [3.63, 3.8) is 0 Å². The van der Waals surface area contributed by atoms with Gasteiger partial charge < -0.3 is 40.2 Å². The molecule has 0 fully saturated rings. The molecule has 0 saturated heterocycles. The molecule has 0 aromatic heterocycles. The summed E-state index contributed by atoms with van der Waals surface area (Å²) in [6.45, 7) is 26.4. The first kappa shape index (κ1) is 67.2. The van der Waals surface area contributed by atoms with Gasteiger partial charge in [-0.15, -0.1) is 0 Å². The quantitative estimate of drug-likeness (QED) is 0.0588. The molecule has 92 heavy (non-hydrogen) atoms. The summed E-state index contributed by atoms with van der Waals surface area (Å²) in [4.78, 5) is 56.6. The average molecular weight is 1240 g/mol. The minimum Gasteiger partial charge on any atom is -0.483 e. The summed E-state index contributed by atoms with van der Waals surface area (Å²) in [7, 11) is 0. The fraction of sp³-hybridized carbons (Fsp3) is 0.350. The van der Waals surface area contributed by atoms with Crippen LogP contribution in [0.5, 0.6) is 23.0 Å². The molecule has 0 aliphatic heterocycles. The molecule has 1 aliphatic carbocycles. The summed E-state index contributed by atoms with van der Waals surface area (Å²) in [5.41, 5.74) is 13.0. The fourth-order valence-electron chi connectivity index (χ4n) is 11.3. The van der Waals surface area contributed by atoms with Crippen LogP contribution in [0.25, 0.3) is 0 Å². The molecule has 0 spiro atoms. The van der Waals surface area contributed by atoms with Crippen molar-refractivity contribution in [2.75, 3.05) is 26.4 Å². The Kier molecular flexibility index (Phi) is 21.5.